The first-order valence-corrected chi connectivity index (χ1v) is 6.25. The maximum Gasteiger partial charge on any atom is 0.255 e. The molecule has 5 nitrogen and oxygen atoms in total. The van der Waals surface area contributed by atoms with Crippen LogP contribution in [-0.2, 0) is 0 Å². The van der Waals surface area contributed by atoms with Crippen LogP contribution in [0.25, 0.3) is 0 Å². The number of nitrogens with zero attached hydrogens (tertiary/aromatic N) is 3. The molecule has 0 aliphatic carbocycles. The Kier molecular flexibility index (Phi) is 3.81. The van der Waals surface area contributed by atoms with Gasteiger partial charge in [-0.05, 0) is 45.1 Å². The van der Waals surface area contributed by atoms with Gasteiger partial charge in [-0.2, -0.15) is 0 Å². The van der Waals surface area contributed by atoms with E-state index in [0.29, 0.717) is 17.4 Å². The molecule has 2 rings (SSSR count). The molecular formula is C13H20N4O. The van der Waals surface area contributed by atoms with Crippen molar-refractivity contribution in [3.63, 3.8) is 0 Å². The molecule has 1 aliphatic heterocycles. The molecule has 1 aliphatic rings. The van der Waals surface area contributed by atoms with Gasteiger partial charge < -0.3 is 15.5 Å². The molecule has 0 radical (unpaired) electrons. The first-order valence-electron chi connectivity index (χ1n) is 6.25. The molecule has 1 amide bonds. The molecule has 18 heavy (non-hydrogen) atoms. The van der Waals surface area contributed by atoms with Gasteiger partial charge in [0.05, 0.1) is 5.56 Å². The second-order valence-electron chi connectivity index (χ2n) is 4.92. The molecular weight excluding hydrogens is 228 g/mol. The summed E-state index contributed by atoms with van der Waals surface area (Å²) in [6.07, 6.45) is 3.60. The van der Waals surface area contributed by atoms with Crippen molar-refractivity contribution in [3.8, 4) is 0 Å². The summed E-state index contributed by atoms with van der Waals surface area (Å²) in [6.45, 7) is 2.09. The minimum atomic E-state index is 0.0250. The maximum absolute atomic E-state index is 12.3. The minimum absolute atomic E-state index is 0.0250. The van der Waals surface area contributed by atoms with E-state index in [1.54, 1.807) is 18.3 Å². The Bertz CT molecular complexity index is 410. The van der Waals surface area contributed by atoms with Crippen molar-refractivity contribution in [1.82, 2.24) is 14.8 Å². The van der Waals surface area contributed by atoms with E-state index in [0.717, 1.165) is 25.9 Å². The van der Waals surface area contributed by atoms with Gasteiger partial charge in [0.25, 0.3) is 5.91 Å². The molecule has 0 saturated carbocycles. The summed E-state index contributed by atoms with van der Waals surface area (Å²) in [5.41, 5.74) is 6.12. The third kappa shape index (κ3) is 2.79. The smallest absolute Gasteiger partial charge is 0.255 e. The molecule has 0 atom stereocenters. The molecule has 1 aromatic heterocycles. The second-order valence-corrected chi connectivity index (χ2v) is 4.92. The van der Waals surface area contributed by atoms with Gasteiger partial charge in [0.15, 0.2) is 0 Å². The van der Waals surface area contributed by atoms with Crippen LogP contribution >= 0.6 is 0 Å². The van der Waals surface area contributed by atoms with Crippen LogP contribution in [-0.4, -0.2) is 53.9 Å². The molecule has 98 valence electrons. The number of aromatic nitrogens is 1. The lowest BCUT2D eigenvalue weighted by Gasteiger charge is -2.35. The summed E-state index contributed by atoms with van der Waals surface area (Å²) >= 11 is 0. The van der Waals surface area contributed by atoms with E-state index in [4.69, 9.17) is 5.73 Å². The lowest BCUT2D eigenvalue weighted by molar-refractivity contribution is 0.0659. The zero-order valence-electron chi connectivity index (χ0n) is 11.0. The van der Waals surface area contributed by atoms with E-state index < -0.39 is 0 Å². The first kappa shape index (κ1) is 12.8. The third-order valence-electron chi connectivity index (χ3n) is 3.59. The molecule has 1 fully saturated rings. The average Bonchev–Trinajstić information content (AvgIpc) is 2.39. The normalized spacial score (nSPS) is 17.7. The van der Waals surface area contributed by atoms with Crippen LogP contribution < -0.4 is 5.73 Å². The van der Waals surface area contributed by atoms with Gasteiger partial charge in [-0.3, -0.25) is 4.79 Å². The fourth-order valence-corrected chi connectivity index (χ4v) is 2.28. The highest BCUT2D eigenvalue weighted by molar-refractivity contribution is 5.94. The SMILES string of the molecule is CN1CCC(N(C)C(=O)c2ccc(N)nc2)CC1. The van der Waals surface area contributed by atoms with Crippen molar-refractivity contribution in [2.24, 2.45) is 0 Å². The number of piperidine rings is 1. The number of nitrogens with two attached hydrogens (primary N) is 1. The van der Waals surface area contributed by atoms with Crippen molar-refractivity contribution in [2.45, 2.75) is 18.9 Å². The van der Waals surface area contributed by atoms with Crippen LogP contribution in [0.5, 0.6) is 0 Å². The Morgan fingerprint density at radius 3 is 2.67 bits per heavy atom. The Morgan fingerprint density at radius 2 is 2.11 bits per heavy atom. The van der Waals surface area contributed by atoms with Crippen molar-refractivity contribution in [2.75, 3.05) is 32.9 Å². The highest BCUT2D eigenvalue weighted by Crippen LogP contribution is 2.16. The summed E-state index contributed by atoms with van der Waals surface area (Å²) in [7, 11) is 3.98. The van der Waals surface area contributed by atoms with Crippen LogP contribution in [0.4, 0.5) is 5.82 Å². The zero-order valence-corrected chi connectivity index (χ0v) is 11.0. The molecule has 0 bridgehead atoms. The standard InChI is InChI=1S/C13H20N4O/c1-16-7-5-11(6-8-16)17(2)13(18)10-3-4-12(14)15-9-10/h3-4,9,11H,5-8H2,1-2H3,(H2,14,15). The van der Waals surface area contributed by atoms with Crippen LogP contribution in [0.15, 0.2) is 18.3 Å². The maximum atomic E-state index is 12.3. The van der Waals surface area contributed by atoms with E-state index in [1.165, 1.54) is 0 Å². The molecule has 2 heterocycles. The van der Waals surface area contributed by atoms with Crippen LogP contribution in [0.1, 0.15) is 23.2 Å². The molecule has 0 unspecified atom stereocenters. The highest BCUT2D eigenvalue weighted by atomic mass is 16.2. The van der Waals surface area contributed by atoms with Gasteiger partial charge in [0, 0.05) is 19.3 Å². The monoisotopic (exact) mass is 248 g/mol. The number of carbonyl (C=O) groups excluding carboxylic acids is 1. The van der Waals surface area contributed by atoms with Crippen LogP contribution in [0, 0.1) is 0 Å². The number of hydrogen-bond donors (Lipinski definition) is 1. The number of carbonyl (C=O) groups is 1. The average molecular weight is 248 g/mol. The Labute approximate surface area is 108 Å². The number of nitrogen functional groups attached to an aromatic ring is 1. The van der Waals surface area contributed by atoms with Crippen molar-refractivity contribution in [1.29, 1.82) is 0 Å². The lowest BCUT2D eigenvalue weighted by atomic mass is 10.0. The largest absolute Gasteiger partial charge is 0.384 e. The van der Waals surface area contributed by atoms with Gasteiger partial charge in [0.2, 0.25) is 0 Å². The predicted octanol–water partition coefficient (Wildman–Crippen LogP) is 0.830. The molecule has 1 aromatic rings. The fraction of sp³-hybridized carbons (Fsp3) is 0.538. The topological polar surface area (TPSA) is 62.5 Å². The summed E-state index contributed by atoms with van der Waals surface area (Å²) < 4.78 is 0. The summed E-state index contributed by atoms with van der Waals surface area (Å²) in [5.74, 6) is 0.463. The highest BCUT2D eigenvalue weighted by Gasteiger charge is 2.24. The summed E-state index contributed by atoms with van der Waals surface area (Å²) in [5, 5.41) is 0. The first-order chi connectivity index (χ1) is 8.58. The number of anilines is 1. The lowest BCUT2D eigenvalue weighted by Crippen LogP contribution is -2.44. The number of amides is 1. The molecule has 0 spiro atoms. The van der Waals surface area contributed by atoms with E-state index in [1.807, 2.05) is 11.9 Å². The Balaban J connectivity index is 2.02. The van der Waals surface area contributed by atoms with E-state index in [2.05, 4.69) is 16.9 Å². The zero-order chi connectivity index (χ0) is 13.1. The Hall–Kier alpha value is -1.62. The van der Waals surface area contributed by atoms with Crippen LogP contribution in [0.2, 0.25) is 0 Å². The molecule has 0 aromatic carbocycles. The van der Waals surface area contributed by atoms with Gasteiger partial charge >= 0.3 is 0 Å². The van der Waals surface area contributed by atoms with Crippen molar-refractivity contribution < 1.29 is 4.79 Å². The van der Waals surface area contributed by atoms with E-state index in [-0.39, 0.29) is 5.91 Å². The minimum Gasteiger partial charge on any atom is -0.384 e. The Morgan fingerprint density at radius 1 is 1.44 bits per heavy atom. The third-order valence-corrected chi connectivity index (χ3v) is 3.59. The van der Waals surface area contributed by atoms with E-state index in [9.17, 15) is 4.79 Å². The number of hydrogen-bond acceptors (Lipinski definition) is 4. The van der Waals surface area contributed by atoms with Gasteiger partial charge in [0.1, 0.15) is 5.82 Å². The fourth-order valence-electron chi connectivity index (χ4n) is 2.28. The molecule has 2 N–H and O–H groups in total. The van der Waals surface area contributed by atoms with Gasteiger partial charge in [-0.25, -0.2) is 4.98 Å². The molecule has 1 saturated heterocycles. The second kappa shape index (κ2) is 5.35. The van der Waals surface area contributed by atoms with E-state index >= 15 is 0 Å². The van der Waals surface area contributed by atoms with Crippen molar-refractivity contribution in [3.05, 3.63) is 23.9 Å². The van der Waals surface area contributed by atoms with Crippen molar-refractivity contribution >= 4 is 11.7 Å². The summed E-state index contributed by atoms with van der Waals surface area (Å²) in [4.78, 5) is 20.4. The summed E-state index contributed by atoms with van der Waals surface area (Å²) in [6, 6.07) is 3.72. The van der Waals surface area contributed by atoms with Gasteiger partial charge in [-0.15, -0.1) is 0 Å². The number of pyridine rings is 1. The predicted molar refractivity (Wildman–Crippen MR) is 71.3 cm³/mol. The number of rotatable bonds is 2. The van der Waals surface area contributed by atoms with Gasteiger partial charge in [-0.1, -0.05) is 0 Å². The quantitative estimate of drug-likeness (QED) is 0.842. The van der Waals surface area contributed by atoms with Crippen LogP contribution in [0.3, 0.4) is 0 Å². The molecule has 5 heteroatoms. The number of likely N-dealkylation sites (tertiary alicyclic amines) is 1.